The highest BCUT2D eigenvalue weighted by atomic mass is 16.7. The standard InChI is InChI=1S/C20H21NO4/c1-13(19-10-15-5-3-4-6-17(15)25-19)21(2)11-16(22)14-7-8-18-20(9-14)24-12-23-18/h3-10,13,16,22H,11-12H2,1-2H3/t13-,16-/m1/s1. The molecule has 0 radical (unpaired) electrons. The number of likely N-dealkylation sites (N-methyl/N-ethyl adjacent to an activating group) is 1. The van der Waals surface area contributed by atoms with Crippen molar-refractivity contribution in [2.45, 2.75) is 19.1 Å². The molecule has 0 amide bonds. The molecule has 1 aliphatic rings. The molecule has 0 unspecified atom stereocenters. The average molecular weight is 339 g/mol. The van der Waals surface area contributed by atoms with Crippen molar-refractivity contribution in [2.24, 2.45) is 0 Å². The number of ether oxygens (including phenoxy) is 2. The lowest BCUT2D eigenvalue weighted by atomic mass is 10.1. The third kappa shape index (κ3) is 3.08. The second kappa shape index (κ2) is 6.43. The Morgan fingerprint density at radius 3 is 2.72 bits per heavy atom. The number of aliphatic hydroxyl groups excluding tert-OH is 1. The van der Waals surface area contributed by atoms with Gasteiger partial charge in [-0.15, -0.1) is 0 Å². The number of rotatable bonds is 5. The van der Waals surface area contributed by atoms with E-state index in [1.165, 1.54) is 0 Å². The minimum absolute atomic E-state index is 0.0519. The number of para-hydroxylation sites is 1. The largest absolute Gasteiger partial charge is 0.459 e. The van der Waals surface area contributed by atoms with E-state index in [2.05, 4.69) is 17.9 Å². The van der Waals surface area contributed by atoms with E-state index < -0.39 is 6.10 Å². The van der Waals surface area contributed by atoms with E-state index in [1.807, 2.05) is 49.5 Å². The van der Waals surface area contributed by atoms with Crippen LogP contribution in [0.1, 0.15) is 30.4 Å². The van der Waals surface area contributed by atoms with Crippen LogP contribution in [0.5, 0.6) is 11.5 Å². The van der Waals surface area contributed by atoms with E-state index >= 15 is 0 Å². The first-order valence-electron chi connectivity index (χ1n) is 8.38. The van der Waals surface area contributed by atoms with Crippen molar-refractivity contribution in [3.8, 4) is 11.5 Å². The zero-order chi connectivity index (χ0) is 17.4. The lowest BCUT2D eigenvalue weighted by Crippen LogP contribution is -2.27. The van der Waals surface area contributed by atoms with Crippen molar-refractivity contribution in [1.82, 2.24) is 4.90 Å². The van der Waals surface area contributed by atoms with Gasteiger partial charge in [-0.3, -0.25) is 4.90 Å². The van der Waals surface area contributed by atoms with Gasteiger partial charge in [-0.25, -0.2) is 0 Å². The average Bonchev–Trinajstić information content (AvgIpc) is 3.26. The van der Waals surface area contributed by atoms with Gasteiger partial charge in [0.05, 0.1) is 12.1 Å². The fourth-order valence-corrected chi connectivity index (χ4v) is 3.08. The van der Waals surface area contributed by atoms with Crippen molar-refractivity contribution in [1.29, 1.82) is 0 Å². The van der Waals surface area contributed by atoms with Gasteiger partial charge in [0.2, 0.25) is 6.79 Å². The monoisotopic (exact) mass is 339 g/mol. The van der Waals surface area contributed by atoms with Gasteiger partial charge in [0.15, 0.2) is 11.5 Å². The SMILES string of the molecule is C[C@H](c1cc2ccccc2o1)N(C)C[C@@H](O)c1ccc2c(c1)OCO2. The number of hydrogen-bond donors (Lipinski definition) is 1. The molecule has 3 aromatic rings. The van der Waals surface area contributed by atoms with Crippen LogP contribution in [0.3, 0.4) is 0 Å². The number of fused-ring (bicyclic) bond motifs is 2. The Bertz CT molecular complexity index is 855. The Hall–Kier alpha value is -2.50. The van der Waals surface area contributed by atoms with Crippen LogP contribution in [0.25, 0.3) is 11.0 Å². The zero-order valence-electron chi connectivity index (χ0n) is 14.3. The van der Waals surface area contributed by atoms with Crippen LogP contribution >= 0.6 is 0 Å². The molecule has 0 saturated heterocycles. The van der Waals surface area contributed by atoms with E-state index in [9.17, 15) is 5.11 Å². The first-order valence-corrected chi connectivity index (χ1v) is 8.38. The van der Waals surface area contributed by atoms with E-state index in [4.69, 9.17) is 13.9 Å². The van der Waals surface area contributed by atoms with Gasteiger partial charge in [0, 0.05) is 11.9 Å². The van der Waals surface area contributed by atoms with Crippen LogP contribution in [0.4, 0.5) is 0 Å². The van der Waals surface area contributed by atoms with Crippen molar-refractivity contribution >= 4 is 11.0 Å². The van der Waals surface area contributed by atoms with Gasteiger partial charge in [0.25, 0.3) is 0 Å². The van der Waals surface area contributed by atoms with E-state index in [0.29, 0.717) is 12.3 Å². The van der Waals surface area contributed by atoms with Crippen molar-refractivity contribution in [3.05, 3.63) is 59.9 Å². The van der Waals surface area contributed by atoms with Crippen LogP contribution in [-0.4, -0.2) is 30.4 Å². The fraction of sp³-hybridized carbons (Fsp3) is 0.300. The lowest BCUT2D eigenvalue weighted by molar-refractivity contribution is 0.103. The number of benzene rings is 2. The van der Waals surface area contributed by atoms with Crippen LogP contribution < -0.4 is 9.47 Å². The predicted octanol–water partition coefficient (Wildman–Crippen LogP) is 3.89. The summed E-state index contributed by atoms with van der Waals surface area (Å²) in [7, 11) is 1.98. The van der Waals surface area contributed by atoms with Gasteiger partial charge in [0.1, 0.15) is 11.3 Å². The van der Waals surface area contributed by atoms with Gasteiger partial charge < -0.3 is 19.0 Å². The molecule has 2 aromatic carbocycles. The normalized spacial score (nSPS) is 15.7. The quantitative estimate of drug-likeness (QED) is 0.764. The highest BCUT2D eigenvalue weighted by Crippen LogP contribution is 2.35. The molecule has 0 saturated carbocycles. The third-order valence-electron chi connectivity index (χ3n) is 4.76. The number of furan rings is 1. The summed E-state index contributed by atoms with van der Waals surface area (Å²) >= 11 is 0. The maximum atomic E-state index is 10.6. The van der Waals surface area contributed by atoms with Gasteiger partial charge in [-0.2, -0.15) is 0 Å². The summed E-state index contributed by atoms with van der Waals surface area (Å²) in [4.78, 5) is 2.08. The van der Waals surface area contributed by atoms with Gasteiger partial charge in [-0.05, 0) is 43.8 Å². The minimum atomic E-state index is -0.619. The number of nitrogens with zero attached hydrogens (tertiary/aromatic N) is 1. The summed E-state index contributed by atoms with van der Waals surface area (Å²) in [6, 6.07) is 15.6. The molecule has 2 heterocycles. The van der Waals surface area contributed by atoms with Gasteiger partial charge >= 0.3 is 0 Å². The lowest BCUT2D eigenvalue weighted by Gasteiger charge is -2.25. The molecular formula is C20H21NO4. The fourth-order valence-electron chi connectivity index (χ4n) is 3.08. The number of aliphatic hydroxyl groups is 1. The molecule has 0 bridgehead atoms. The Balaban J connectivity index is 1.47. The maximum absolute atomic E-state index is 10.6. The third-order valence-corrected chi connectivity index (χ3v) is 4.76. The summed E-state index contributed by atoms with van der Waals surface area (Å²) in [6.07, 6.45) is -0.619. The Labute approximate surface area is 146 Å². The molecule has 0 aliphatic carbocycles. The van der Waals surface area contributed by atoms with E-state index in [1.54, 1.807) is 0 Å². The molecule has 1 aliphatic heterocycles. The van der Waals surface area contributed by atoms with Crippen molar-refractivity contribution in [3.63, 3.8) is 0 Å². The molecule has 2 atom stereocenters. The summed E-state index contributed by atoms with van der Waals surface area (Å²) in [5, 5.41) is 11.7. The molecule has 4 rings (SSSR count). The molecule has 130 valence electrons. The van der Waals surface area contributed by atoms with Gasteiger partial charge in [-0.1, -0.05) is 24.3 Å². The van der Waals surface area contributed by atoms with E-state index in [0.717, 1.165) is 28.0 Å². The zero-order valence-corrected chi connectivity index (χ0v) is 14.3. The predicted molar refractivity (Wildman–Crippen MR) is 94.8 cm³/mol. The second-order valence-corrected chi connectivity index (χ2v) is 6.43. The molecule has 5 nitrogen and oxygen atoms in total. The van der Waals surface area contributed by atoms with Crippen molar-refractivity contribution in [2.75, 3.05) is 20.4 Å². The Kier molecular flexibility index (Phi) is 4.11. The molecule has 1 N–H and O–H groups in total. The first kappa shape index (κ1) is 16.0. The molecule has 1 aromatic heterocycles. The summed E-state index contributed by atoms with van der Waals surface area (Å²) in [6.45, 7) is 2.79. The second-order valence-electron chi connectivity index (χ2n) is 6.43. The molecule has 5 heteroatoms. The van der Waals surface area contributed by atoms with Crippen LogP contribution in [-0.2, 0) is 0 Å². The molecular weight excluding hydrogens is 318 g/mol. The van der Waals surface area contributed by atoms with E-state index in [-0.39, 0.29) is 12.8 Å². The molecule has 0 spiro atoms. The Morgan fingerprint density at radius 2 is 1.88 bits per heavy atom. The summed E-state index contributed by atoms with van der Waals surface area (Å²) in [5.41, 5.74) is 1.70. The Morgan fingerprint density at radius 1 is 1.08 bits per heavy atom. The first-order chi connectivity index (χ1) is 12.1. The van der Waals surface area contributed by atoms with Crippen LogP contribution in [0.15, 0.2) is 52.9 Å². The van der Waals surface area contributed by atoms with Crippen LogP contribution in [0.2, 0.25) is 0 Å². The highest BCUT2D eigenvalue weighted by molar-refractivity contribution is 5.77. The van der Waals surface area contributed by atoms with Crippen molar-refractivity contribution < 1.29 is 19.0 Å². The number of hydrogen-bond acceptors (Lipinski definition) is 5. The molecule has 25 heavy (non-hydrogen) atoms. The minimum Gasteiger partial charge on any atom is -0.459 e. The molecule has 0 fully saturated rings. The summed E-state index contributed by atoms with van der Waals surface area (Å²) in [5.74, 6) is 2.30. The smallest absolute Gasteiger partial charge is 0.231 e. The maximum Gasteiger partial charge on any atom is 0.231 e. The topological polar surface area (TPSA) is 55.1 Å². The van der Waals surface area contributed by atoms with Crippen LogP contribution in [0, 0.1) is 0 Å². The highest BCUT2D eigenvalue weighted by Gasteiger charge is 2.21. The summed E-state index contributed by atoms with van der Waals surface area (Å²) < 4.78 is 16.6.